The Morgan fingerprint density at radius 3 is 2.56 bits per heavy atom. The fraction of sp³-hybridized carbons (Fsp3) is 0.261. The number of nitrogens with one attached hydrogen (secondary N) is 1. The number of rotatable bonds is 9. The molecule has 9 heteroatoms. The van der Waals surface area contributed by atoms with Crippen molar-refractivity contribution in [1.82, 2.24) is 10.3 Å². The van der Waals surface area contributed by atoms with Crippen LogP contribution in [0.25, 0.3) is 11.1 Å². The Morgan fingerprint density at radius 1 is 1.25 bits per heavy atom. The molecule has 0 aliphatic rings. The molecule has 2 aromatic carbocycles. The third-order valence-corrected chi connectivity index (χ3v) is 5.30. The van der Waals surface area contributed by atoms with E-state index >= 15 is 0 Å². The van der Waals surface area contributed by atoms with Gasteiger partial charge in [-0.25, -0.2) is 9.37 Å². The van der Waals surface area contributed by atoms with Gasteiger partial charge in [0.25, 0.3) is 5.91 Å². The molecule has 1 aromatic heterocycles. The third-order valence-electron chi connectivity index (χ3n) is 5.07. The maximum absolute atomic E-state index is 14.1. The highest BCUT2D eigenvalue weighted by molar-refractivity contribution is 6.30. The van der Waals surface area contributed by atoms with Gasteiger partial charge in [-0.2, -0.15) is 0 Å². The molecule has 0 saturated carbocycles. The Balaban J connectivity index is 1.79. The van der Waals surface area contributed by atoms with Gasteiger partial charge in [-0.05, 0) is 42.2 Å². The minimum Gasteiger partial charge on any atom is -0.481 e. The van der Waals surface area contributed by atoms with E-state index in [0.29, 0.717) is 28.5 Å². The van der Waals surface area contributed by atoms with Crippen molar-refractivity contribution in [3.8, 4) is 11.1 Å². The zero-order valence-electron chi connectivity index (χ0n) is 17.3. The van der Waals surface area contributed by atoms with Crippen molar-refractivity contribution in [3.63, 3.8) is 0 Å². The molecule has 168 valence electrons. The van der Waals surface area contributed by atoms with Crippen LogP contribution in [-0.2, 0) is 11.2 Å². The van der Waals surface area contributed by atoms with Gasteiger partial charge >= 0.3 is 5.97 Å². The van der Waals surface area contributed by atoms with Crippen LogP contribution in [0.15, 0.2) is 53.1 Å². The Hall–Kier alpha value is -3.23. The zero-order valence-corrected chi connectivity index (χ0v) is 18.1. The van der Waals surface area contributed by atoms with Crippen molar-refractivity contribution in [1.29, 1.82) is 0 Å². The largest absolute Gasteiger partial charge is 0.481 e. The van der Waals surface area contributed by atoms with Crippen LogP contribution in [0.2, 0.25) is 5.02 Å². The molecule has 0 bridgehead atoms. The number of carbonyl (C=O) groups excluding carboxylic acids is 1. The first kappa shape index (κ1) is 23.4. The lowest BCUT2D eigenvalue weighted by atomic mass is 9.94. The molecular weight excluding hydrogens is 437 g/mol. The van der Waals surface area contributed by atoms with Crippen molar-refractivity contribution in [2.24, 2.45) is 11.7 Å². The second kappa shape index (κ2) is 10.4. The third kappa shape index (κ3) is 5.93. The van der Waals surface area contributed by atoms with Crippen LogP contribution < -0.4 is 11.1 Å². The number of nitrogens with two attached hydrogens (primary N) is 1. The van der Waals surface area contributed by atoms with Gasteiger partial charge in [0.15, 0.2) is 11.6 Å². The standard InChI is InChI=1S/C23H23ClFN3O4/c1-13-27-21(12-32-13)22(29)28-18(9-16(11-26)23(30)31)8-14-2-4-15(5-3-14)19-10-17(24)6-7-20(19)25/h2-7,10,12,16,18H,8-9,11,26H2,1H3,(H,28,29)(H,30,31)/t16-,18+/m0/s1. The van der Waals surface area contributed by atoms with E-state index in [4.69, 9.17) is 21.8 Å². The van der Waals surface area contributed by atoms with Crippen LogP contribution in [0.1, 0.15) is 28.4 Å². The molecule has 4 N–H and O–H groups in total. The first-order chi connectivity index (χ1) is 15.3. The Morgan fingerprint density at radius 2 is 1.97 bits per heavy atom. The lowest BCUT2D eigenvalue weighted by molar-refractivity contribution is -0.141. The van der Waals surface area contributed by atoms with Gasteiger partial charge in [0, 0.05) is 30.1 Å². The van der Waals surface area contributed by atoms with E-state index in [1.807, 2.05) is 0 Å². The molecule has 2 atom stereocenters. The number of carbonyl (C=O) groups is 2. The van der Waals surface area contributed by atoms with Crippen LogP contribution >= 0.6 is 11.6 Å². The number of halogens is 2. The number of carboxylic acids is 1. The summed E-state index contributed by atoms with van der Waals surface area (Å²) in [5, 5.41) is 12.6. The number of amides is 1. The predicted molar refractivity (Wildman–Crippen MR) is 118 cm³/mol. The molecule has 3 rings (SSSR count). The average Bonchev–Trinajstić information content (AvgIpc) is 3.20. The summed E-state index contributed by atoms with van der Waals surface area (Å²) in [5.74, 6) is -2.36. The molecule has 7 nitrogen and oxygen atoms in total. The molecule has 32 heavy (non-hydrogen) atoms. The quantitative estimate of drug-likeness (QED) is 0.447. The zero-order chi connectivity index (χ0) is 23.3. The van der Waals surface area contributed by atoms with E-state index in [-0.39, 0.29) is 24.5 Å². The molecular formula is C23H23ClFN3O4. The minimum atomic E-state index is -1.03. The van der Waals surface area contributed by atoms with E-state index < -0.39 is 23.8 Å². The van der Waals surface area contributed by atoms with E-state index in [2.05, 4.69) is 10.3 Å². The maximum atomic E-state index is 14.1. The van der Waals surface area contributed by atoms with E-state index in [1.54, 1.807) is 37.3 Å². The van der Waals surface area contributed by atoms with Crippen LogP contribution in [0.4, 0.5) is 4.39 Å². The van der Waals surface area contributed by atoms with Crippen LogP contribution in [-0.4, -0.2) is 34.6 Å². The predicted octanol–water partition coefficient (Wildman–Crippen LogP) is 3.83. The molecule has 0 aliphatic carbocycles. The molecule has 0 saturated heterocycles. The van der Waals surface area contributed by atoms with Gasteiger partial charge in [-0.15, -0.1) is 0 Å². The summed E-state index contributed by atoms with van der Waals surface area (Å²) in [6.45, 7) is 1.56. The van der Waals surface area contributed by atoms with Gasteiger partial charge in [-0.1, -0.05) is 35.9 Å². The summed E-state index contributed by atoms with van der Waals surface area (Å²) in [4.78, 5) is 28.0. The molecule has 3 aromatic rings. The smallest absolute Gasteiger partial charge is 0.307 e. The Labute approximate surface area is 189 Å². The van der Waals surface area contributed by atoms with Gasteiger partial charge in [-0.3, -0.25) is 9.59 Å². The first-order valence-electron chi connectivity index (χ1n) is 9.97. The highest BCUT2D eigenvalue weighted by atomic mass is 35.5. The van der Waals surface area contributed by atoms with Crippen molar-refractivity contribution in [2.75, 3.05) is 6.54 Å². The highest BCUT2D eigenvalue weighted by Gasteiger charge is 2.24. The monoisotopic (exact) mass is 459 g/mol. The van der Waals surface area contributed by atoms with Gasteiger partial charge < -0.3 is 20.6 Å². The summed E-state index contributed by atoms with van der Waals surface area (Å²) < 4.78 is 19.2. The number of oxazole rings is 1. The SMILES string of the molecule is Cc1nc(C(=O)N[C@H](Cc2ccc(-c3cc(Cl)ccc3F)cc2)C[C@@H](CN)C(=O)O)co1. The summed E-state index contributed by atoms with van der Waals surface area (Å²) in [6.07, 6.45) is 1.73. The fourth-order valence-electron chi connectivity index (χ4n) is 3.39. The highest BCUT2D eigenvalue weighted by Crippen LogP contribution is 2.26. The van der Waals surface area contributed by atoms with E-state index in [0.717, 1.165) is 5.56 Å². The number of benzene rings is 2. The fourth-order valence-corrected chi connectivity index (χ4v) is 3.56. The first-order valence-corrected chi connectivity index (χ1v) is 10.3. The summed E-state index contributed by atoms with van der Waals surface area (Å²) >= 11 is 5.98. The van der Waals surface area contributed by atoms with Crippen molar-refractivity contribution >= 4 is 23.5 Å². The van der Waals surface area contributed by atoms with Crippen LogP contribution in [0.5, 0.6) is 0 Å². The van der Waals surface area contributed by atoms with E-state index in [9.17, 15) is 19.1 Å². The van der Waals surface area contributed by atoms with Crippen molar-refractivity contribution in [3.05, 3.63) is 76.7 Å². The normalized spacial score (nSPS) is 12.9. The molecule has 0 aliphatic heterocycles. The van der Waals surface area contributed by atoms with E-state index in [1.165, 1.54) is 18.4 Å². The van der Waals surface area contributed by atoms with Crippen LogP contribution in [0, 0.1) is 18.7 Å². The number of aliphatic carboxylic acids is 1. The van der Waals surface area contributed by atoms with Crippen molar-refractivity contribution in [2.45, 2.75) is 25.8 Å². The average molecular weight is 460 g/mol. The van der Waals surface area contributed by atoms with Crippen molar-refractivity contribution < 1.29 is 23.5 Å². The van der Waals surface area contributed by atoms with Crippen LogP contribution in [0.3, 0.4) is 0 Å². The number of aryl methyl sites for hydroxylation is 1. The lowest BCUT2D eigenvalue weighted by Gasteiger charge is -2.21. The Bertz CT molecular complexity index is 1100. The number of hydrogen-bond acceptors (Lipinski definition) is 5. The number of aromatic nitrogens is 1. The topological polar surface area (TPSA) is 118 Å². The molecule has 0 spiro atoms. The summed E-state index contributed by atoms with van der Waals surface area (Å²) in [6, 6.07) is 10.9. The Kier molecular flexibility index (Phi) is 7.61. The van der Waals surface area contributed by atoms with Gasteiger partial charge in [0.1, 0.15) is 12.1 Å². The molecule has 0 fully saturated rings. The molecule has 0 radical (unpaired) electrons. The lowest BCUT2D eigenvalue weighted by Crippen LogP contribution is -2.40. The number of hydrogen-bond donors (Lipinski definition) is 3. The number of carboxylic acid groups (broad SMARTS) is 1. The summed E-state index contributed by atoms with van der Waals surface area (Å²) in [7, 11) is 0. The van der Waals surface area contributed by atoms with Gasteiger partial charge in [0.05, 0.1) is 5.92 Å². The second-order valence-corrected chi connectivity index (χ2v) is 7.89. The molecule has 1 amide bonds. The summed E-state index contributed by atoms with van der Waals surface area (Å²) in [5.41, 5.74) is 7.58. The molecule has 0 unspecified atom stereocenters. The van der Waals surface area contributed by atoms with Gasteiger partial charge in [0.2, 0.25) is 0 Å². The number of nitrogens with zero attached hydrogens (tertiary/aromatic N) is 1. The molecule has 1 heterocycles. The second-order valence-electron chi connectivity index (χ2n) is 7.45. The minimum absolute atomic E-state index is 0.0578. The maximum Gasteiger partial charge on any atom is 0.307 e.